The van der Waals surface area contributed by atoms with Crippen molar-refractivity contribution < 1.29 is 4.52 Å². The first-order valence-electron chi connectivity index (χ1n) is 9.30. The second kappa shape index (κ2) is 7.56. The molecule has 0 unspecified atom stereocenters. The van der Waals surface area contributed by atoms with Crippen molar-refractivity contribution >= 4 is 10.9 Å². The van der Waals surface area contributed by atoms with Gasteiger partial charge in [-0.2, -0.15) is 4.98 Å². The van der Waals surface area contributed by atoms with Gasteiger partial charge in [0, 0.05) is 23.9 Å². The average Bonchev–Trinajstić information content (AvgIpc) is 3.27. The maximum Gasteiger partial charge on any atom is 0.274 e. The molecule has 0 saturated carbocycles. The molecule has 0 aliphatic heterocycles. The highest BCUT2D eigenvalue weighted by atomic mass is 16.5. The first-order valence-corrected chi connectivity index (χ1v) is 9.30. The predicted octanol–water partition coefficient (Wildman–Crippen LogP) is 5.47. The average molecular weight is 345 g/mol. The van der Waals surface area contributed by atoms with Gasteiger partial charge in [0.15, 0.2) is 5.82 Å². The minimum atomic E-state index is 0.601. The topological polar surface area (TPSA) is 43.9 Å². The van der Waals surface area contributed by atoms with E-state index in [2.05, 4.69) is 64.1 Å². The minimum absolute atomic E-state index is 0.601. The SMILES string of the molecule is CCCCCn1c(-c2nc(Cc3ccccc3)no2)cc2ccccc21. The summed E-state index contributed by atoms with van der Waals surface area (Å²) in [6.45, 7) is 3.19. The van der Waals surface area contributed by atoms with Crippen LogP contribution in [0.1, 0.15) is 37.6 Å². The number of hydrogen-bond acceptors (Lipinski definition) is 3. The summed E-state index contributed by atoms with van der Waals surface area (Å²) in [6, 6.07) is 20.8. The van der Waals surface area contributed by atoms with Gasteiger partial charge in [-0.25, -0.2) is 0 Å². The zero-order valence-electron chi connectivity index (χ0n) is 15.1. The van der Waals surface area contributed by atoms with Crippen LogP contribution < -0.4 is 0 Å². The molecule has 4 nitrogen and oxygen atoms in total. The lowest BCUT2D eigenvalue weighted by atomic mass is 10.1. The first-order chi connectivity index (χ1) is 12.8. The third-order valence-electron chi connectivity index (χ3n) is 4.69. The molecular formula is C22H23N3O. The van der Waals surface area contributed by atoms with Crippen LogP contribution in [-0.4, -0.2) is 14.7 Å². The monoisotopic (exact) mass is 345 g/mol. The van der Waals surface area contributed by atoms with E-state index in [0.717, 1.165) is 24.5 Å². The Morgan fingerprint density at radius 1 is 0.962 bits per heavy atom. The van der Waals surface area contributed by atoms with Crippen molar-refractivity contribution in [3.8, 4) is 11.6 Å². The van der Waals surface area contributed by atoms with Gasteiger partial charge in [0.05, 0.1) is 0 Å². The molecule has 4 heteroatoms. The van der Waals surface area contributed by atoms with E-state index in [1.165, 1.54) is 29.3 Å². The molecule has 0 aliphatic rings. The van der Waals surface area contributed by atoms with E-state index in [0.29, 0.717) is 12.3 Å². The standard InChI is InChI=1S/C22H23N3O/c1-2-3-9-14-25-19-13-8-7-12-18(19)16-20(25)22-23-21(24-26-22)15-17-10-5-4-6-11-17/h4-8,10-13,16H,2-3,9,14-15H2,1H3. The van der Waals surface area contributed by atoms with Crippen molar-refractivity contribution in [1.82, 2.24) is 14.7 Å². The number of aromatic nitrogens is 3. The molecular weight excluding hydrogens is 322 g/mol. The van der Waals surface area contributed by atoms with Crippen molar-refractivity contribution in [2.45, 2.75) is 39.2 Å². The van der Waals surface area contributed by atoms with Crippen molar-refractivity contribution in [3.05, 3.63) is 72.1 Å². The van der Waals surface area contributed by atoms with Crippen molar-refractivity contribution in [2.24, 2.45) is 0 Å². The van der Waals surface area contributed by atoms with Crippen molar-refractivity contribution in [2.75, 3.05) is 0 Å². The number of hydrogen-bond donors (Lipinski definition) is 0. The largest absolute Gasteiger partial charge is 0.336 e. The van der Waals surface area contributed by atoms with E-state index in [9.17, 15) is 0 Å². The lowest BCUT2D eigenvalue weighted by Gasteiger charge is -2.08. The zero-order valence-corrected chi connectivity index (χ0v) is 15.1. The molecule has 0 aliphatic carbocycles. The highest BCUT2D eigenvalue weighted by molar-refractivity contribution is 5.85. The smallest absolute Gasteiger partial charge is 0.274 e. The normalized spacial score (nSPS) is 11.3. The molecule has 0 amide bonds. The number of rotatable bonds is 7. The molecule has 4 aromatic rings. The Balaban J connectivity index is 1.66. The zero-order chi connectivity index (χ0) is 17.8. The highest BCUT2D eigenvalue weighted by Crippen LogP contribution is 2.28. The molecule has 2 aromatic carbocycles. The Morgan fingerprint density at radius 2 is 1.77 bits per heavy atom. The van der Waals surface area contributed by atoms with Crippen LogP contribution in [0, 0.1) is 0 Å². The van der Waals surface area contributed by atoms with Gasteiger partial charge < -0.3 is 9.09 Å². The van der Waals surface area contributed by atoms with Crippen LogP contribution in [0.3, 0.4) is 0 Å². The third-order valence-corrected chi connectivity index (χ3v) is 4.69. The van der Waals surface area contributed by atoms with E-state index in [-0.39, 0.29) is 0 Å². The fourth-order valence-corrected chi connectivity index (χ4v) is 3.36. The summed E-state index contributed by atoms with van der Waals surface area (Å²) >= 11 is 0. The summed E-state index contributed by atoms with van der Waals surface area (Å²) in [6.07, 6.45) is 4.25. The number of para-hydroxylation sites is 1. The molecule has 0 fully saturated rings. The Labute approximate surface area is 153 Å². The highest BCUT2D eigenvalue weighted by Gasteiger charge is 2.16. The summed E-state index contributed by atoms with van der Waals surface area (Å²) in [5.74, 6) is 1.32. The van der Waals surface area contributed by atoms with Gasteiger partial charge in [0.1, 0.15) is 5.69 Å². The second-order valence-electron chi connectivity index (χ2n) is 6.63. The van der Waals surface area contributed by atoms with Gasteiger partial charge >= 0.3 is 0 Å². The van der Waals surface area contributed by atoms with Gasteiger partial charge in [0.25, 0.3) is 5.89 Å². The molecule has 2 aromatic heterocycles. The molecule has 26 heavy (non-hydrogen) atoms. The Morgan fingerprint density at radius 3 is 2.62 bits per heavy atom. The van der Waals surface area contributed by atoms with Crippen LogP contribution in [0.5, 0.6) is 0 Å². The number of aryl methyl sites for hydroxylation is 1. The summed E-state index contributed by atoms with van der Waals surface area (Å²) in [7, 11) is 0. The first kappa shape index (κ1) is 16.6. The van der Waals surface area contributed by atoms with Gasteiger partial charge in [-0.05, 0) is 24.1 Å². The van der Waals surface area contributed by atoms with E-state index in [1.807, 2.05) is 18.2 Å². The fourth-order valence-electron chi connectivity index (χ4n) is 3.36. The number of fused-ring (bicyclic) bond motifs is 1. The summed E-state index contributed by atoms with van der Waals surface area (Å²) < 4.78 is 7.93. The van der Waals surface area contributed by atoms with Crippen LogP contribution in [0.2, 0.25) is 0 Å². The van der Waals surface area contributed by atoms with Gasteiger partial charge in [-0.15, -0.1) is 0 Å². The summed E-state index contributed by atoms with van der Waals surface area (Å²) in [4.78, 5) is 4.66. The van der Waals surface area contributed by atoms with E-state index >= 15 is 0 Å². The molecule has 0 atom stereocenters. The van der Waals surface area contributed by atoms with Crippen LogP contribution >= 0.6 is 0 Å². The van der Waals surface area contributed by atoms with Crippen LogP contribution in [0.25, 0.3) is 22.5 Å². The molecule has 0 saturated heterocycles. The quantitative estimate of drug-likeness (QED) is 0.417. The lowest BCUT2D eigenvalue weighted by Crippen LogP contribution is -2.00. The summed E-state index contributed by atoms with van der Waals surface area (Å²) in [5, 5.41) is 5.41. The van der Waals surface area contributed by atoms with Crippen molar-refractivity contribution in [3.63, 3.8) is 0 Å². The molecule has 132 valence electrons. The maximum atomic E-state index is 5.62. The molecule has 0 spiro atoms. The maximum absolute atomic E-state index is 5.62. The fraction of sp³-hybridized carbons (Fsp3) is 0.273. The Hall–Kier alpha value is -2.88. The van der Waals surface area contributed by atoms with Gasteiger partial charge in [-0.1, -0.05) is 73.5 Å². The molecule has 0 bridgehead atoms. The predicted molar refractivity (Wildman–Crippen MR) is 104 cm³/mol. The molecule has 2 heterocycles. The Bertz CT molecular complexity index is 985. The van der Waals surface area contributed by atoms with Gasteiger partial charge in [0.2, 0.25) is 0 Å². The number of benzene rings is 2. The van der Waals surface area contributed by atoms with Crippen LogP contribution in [-0.2, 0) is 13.0 Å². The van der Waals surface area contributed by atoms with Crippen LogP contribution in [0.4, 0.5) is 0 Å². The van der Waals surface area contributed by atoms with Crippen molar-refractivity contribution in [1.29, 1.82) is 0 Å². The lowest BCUT2D eigenvalue weighted by molar-refractivity contribution is 0.420. The van der Waals surface area contributed by atoms with E-state index in [1.54, 1.807) is 0 Å². The van der Waals surface area contributed by atoms with E-state index in [4.69, 9.17) is 4.52 Å². The number of unbranched alkanes of at least 4 members (excludes halogenated alkanes) is 2. The third kappa shape index (κ3) is 3.40. The van der Waals surface area contributed by atoms with E-state index < -0.39 is 0 Å². The second-order valence-corrected chi connectivity index (χ2v) is 6.63. The number of nitrogens with zero attached hydrogens (tertiary/aromatic N) is 3. The van der Waals surface area contributed by atoms with Gasteiger partial charge in [-0.3, -0.25) is 0 Å². The molecule has 0 radical (unpaired) electrons. The van der Waals surface area contributed by atoms with Crippen LogP contribution in [0.15, 0.2) is 65.2 Å². The minimum Gasteiger partial charge on any atom is -0.336 e. The molecule has 4 rings (SSSR count). The summed E-state index contributed by atoms with van der Waals surface area (Å²) in [5.41, 5.74) is 3.42. The molecule has 0 N–H and O–H groups in total. The Kier molecular flexibility index (Phi) is 4.82.